The number of aliphatic hydroxyl groups is 1. The van der Waals surface area contributed by atoms with E-state index in [0.717, 1.165) is 18.2 Å². The Bertz CT molecular complexity index is 808. The molecule has 1 N–H and O–H groups in total. The molecule has 2 rings (SSSR count). The van der Waals surface area contributed by atoms with Crippen molar-refractivity contribution in [3.05, 3.63) is 63.7 Å². The lowest BCUT2D eigenvalue weighted by Gasteiger charge is -2.16. The lowest BCUT2D eigenvalue weighted by molar-refractivity contribution is -0.135. The van der Waals surface area contributed by atoms with Crippen LogP contribution in [0.25, 0.3) is 0 Å². The van der Waals surface area contributed by atoms with Gasteiger partial charge in [-0.3, -0.25) is 4.79 Å². The molecular weight excluding hydrogens is 320 g/mol. The standard InChI is InChI=1S/C20H22O5/c1-12-8-14(3)18(9-13(12)2)25-11-17-15(10-21)6-5-7-16(17)19(22)20(23)24-4/h5-9,21H,10-11H2,1-4H3. The SMILES string of the molecule is COC(=O)C(=O)c1cccc(CO)c1COc1cc(C)c(C)cc1C. The molecule has 0 fully saturated rings. The molecule has 0 aromatic heterocycles. The Balaban J connectivity index is 2.37. The molecular formula is C20H22O5. The second-order valence-electron chi connectivity index (χ2n) is 5.91. The van der Waals surface area contributed by atoms with E-state index in [0.29, 0.717) is 16.9 Å². The third kappa shape index (κ3) is 4.06. The molecule has 132 valence electrons. The van der Waals surface area contributed by atoms with Crippen molar-refractivity contribution in [3.8, 4) is 5.75 Å². The van der Waals surface area contributed by atoms with E-state index in [2.05, 4.69) is 4.74 Å². The first-order valence-electron chi connectivity index (χ1n) is 7.94. The number of methoxy groups -OCH3 is 1. The summed E-state index contributed by atoms with van der Waals surface area (Å²) in [4.78, 5) is 23.8. The zero-order valence-corrected chi connectivity index (χ0v) is 14.9. The molecule has 0 heterocycles. The van der Waals surface area contributed by atoms with E-state index in [1.807, 2.05) is 32.9 Å². The fraction of sp³-hybridized carbons (Fsp3) is 0.300. The summed E-state index contributed by atoms with van der Waals surface area (Å²) in [5.74, 6) is -1.00. The molecule has 0 atom stereocenters. The number of Topliss-reactive ketones (excluding diaryl/α,β-unsaturated/α-hetero) is 1. The monoisotopic (exact) mass is 342 g/mol. The van der Waals surface area contributed by atoms with Crippen LogP contribution in [0.1, 0.15) is 38.2 Å². The summed E-state index contributed by atoms with van der Waals surface area (Å²) < 4.78 is 10.4. The van der Waals surface area contributed by atoms with Crippen molar-refractivity contribution in [3.63, 3.8) is 0 Å². The van der Waals surface area contributed by atoms with Crippen LogP contribution in [0.5, 0.6) is 5.75 Å². The fourth-order valence-corrected chi connectivity index (χ4v) is 2.61. The number of hydrogen-bond acceptors (Lipinski definition) is 5. The van der Waals surface area contributed by atoms with Gasteiger partial charge in [0, 0.05) is 11.1 Å². The van der Waals surface area contributed by atoms with Crippen LogP contribution in [0, 0.1) is 20.8 Å². The van der Waals surface area contributed by atoms with Crippen molar-refractivity contribution < 1.29 is 24.2 Å². The molecule has 2 aromatic carbocycles. The lowest BCUT2D eigenvalue weighted by atomic mass is 9.98. The Kier molecular flexibility index (Phi) is 5.93. The molecule has 0 unspecified atom stereocenters. The Morgan fingerprint density at radius 3 is 2.36 bits per heavy atom. The minimum atomic E-state index is -0.946. The third-order valence-electron chi connectivity index (χ3n) is 4.22. The molecule has 0 aliphatic heterocycles. The van der Waals surface area contributed by atoms with E-state index in [1.54, 1.807) is 12.1 Å². The number of hydrogen-bond donors (Lipinski definition) is 1. The second kappa shape index (κ2) is 7.94. The number of carbonyl (C=O) groups excluding carboxylic acids is 2. The second-order valence-corrected chi connectivity index (χ2v) is 5.91. The van der Waals surface area contributed by atoms with Crippen LogP contribution in [0.2, 0.25) is 0 Å². The van der Waals surface area contributed by atoms with Crippen LogP contribution >= 0.6 is 0 Å². The van der Waals surface area contributed by atoms with E-state index >= 15 is 0 Å². The lowest BCUT2D eigenvalue weighted by Crippen LogP contribution is -2.19. The Hall–Kier alpha value is -2.66. The number of aliphatic hydroxyl groups excluding tert-OH is 1. The maximum atomic E-state index is 12.2. The molecule has 0 bridgehead atoms. The first-order chi connectivity index (χ1) is 11.9. The highest BCUT2D eigenvalue weighted by Crippen LogP contribution is 2.25. The van der Waals surface area contributed by atoms with Gasteiger partial charge in [0.05, 0.1) is 13.7 Å². The number of aryl methyl sites for hydroxylation is 3. The molecule has 2 aromatic rings. The number of ketones is 1. The average Bonchev–Trinajstić information content (AvgIpc) is 2.61. The van der Waals surface area contributed by atoms with Crippen LogP contribution < -0.4 is 4.74 Å². The number of benzene rings is 2. The van der Waals surface area contributed by atoms with Gasteiger partial charge in [-0.2, -0.15) is 0 Å². The largest absolute Gasteiger partial charge is 0.489 e. The van der Waals surface area contributed by atoms with Gasteiger partial charge in [0.2, 0.25) is 0 Å². The summed E-state index contributed by atoms with van der Waals surface area (Å²) >= 11 is 0. The van der Waals surface area contributed by atoms with Crippen LogP contribution in [-0.4, -0.2) is 24.0 Å². The van der Waals surface area contributed by atoms with Crippen LogP contribution in [0.3, 0.4) is 0 Å². The molecule has 0 saturated carbocycles. The molecule has 0 aliphatic rings. The van der Waals surface area contributed by atoms with Gasteiger partial charge in [0.25, 0.3) is 5.78 Å². The van der Waals surface area contributed by atoms with Gasteiger partial charge in [-0.25, -0.2) is 4.79 Å². The Morgan fingerprint density at radius 2 is 1.72 bits per heavy atom. The number of carbonyl (C=O) groups is 2. The van der Waals surface area contributed by atoms with Crippen molar-refractivity contribution in [2.45, 2.75) is 34.0 Å². The average molecular weight is 342 g/mol. The van der Waals surface area contributed by atoms with Gasteiger partial charge >= 0.3 is 5.97 Å². The predicted molar refractivity (Wildman–Crippen MR) is 93.7 cm³/mol. The fourth-order valence-electron chi connectivity index (χ4n) is 2.61. The molecule has 5 nitrogen and oxygen atoms in total. The zero-order chi connectivity index (χ0) is 18.6. The highest BCUT2D eigenvalue weighted by atomic mass is 16.5. The van der Waals surface area contributed by atoms with Gasteiger partial charge < -0.3 is 14.6 Å². The first-order valence-corrected chi connectivity index (χ1v) is 7.94. The third-order valence-corrected chi connectivity index (χ3v) is 4.22. The molecule has 0 radical (unpaired) electrons. The number of rotatable bonds is 6. The maximum Gasteiger partial charge on any atom is 0.379 e. The molecule has 0 saturated heterocycles. The summed E-state index contributed by atoms with van der Waals surface area (Å²) in [5.41, 5.74) is 4.45. The van der Waals surface area contributed by atoms with Gasteiger partial charge in [0.15, 0.2) is 0 Å². The number of esters is 1. The quantitative estimate of drug-likeness (QED) is 0.496. The van der Waals surface area contributed by atoms with E-state index in [9.17, 15) is 14.7 Å². The van der Waals surface area contributed by atoms with Gasteiger partial charge in [-0.15, -0.1) is 0 Å². The van der Waals surface area contributed by atoms with E-state index in [1.165, 1.54) is 11.6 Å². The topological polar surface area (TPSA) is 72.8 Å². The van der Waals surface area contributed by atoms with E-state index in [4.69, 9.17) is 4.74 Å². The van der Waals surface area contributed by atoms with Crippen LogP contribution in [0.15, 0.2) is 30.3 Å². The van der Waals surface area contributed by atoms with Crippen molar-refractivity contribution in [1.82, 2.24) is 0 Å². The summed E-state index contributed by atoms with van der Waals surface area (Å²) in [5, 5.41) is 9.57. The molecule has 25 heavy (non-hydrogen) atoms. The predicted octanol–water partition coefficient (Wildman–Crippen LogP) is 3.04. The summed E-state index contributed by atoms with van der Waals surface area (Å²) in [6.45, 7) is 5.78. The van der Waals surface area contributed by atoms with Gasteiger partial charge in [-0.1, -0.05) is 24.3 Å². The molecule has 0 spiro atoms. The van der Waals surface area contributed by atoms with Crippen molar-refractivity contribution in [2.75, 3.05) is 7.11 Å². The highest BCUT2D eigenvalue weighted by Gasteiger charge is 2.22. The van der Waals surface area contributed by atoms with Crippen LogP contribution in [0.4, 0.5) is 0 Å². The Labute approximate surface area is 147 Å². The highest BCUT2D eigenvalue weighted by molar-refractivity contribution is 6.41. The van der Waals surface area contributed by atoms with E-state index < -0.39 is 11.8 Å². The minimum Gasteiger partial charge on any atom is -0.489 e. The number of ether oxygens (including phenoxy) is 2. The van der Waals surface area contributed by atoms with Crippen LogP contribution in [-0.2, 0) is 22.7 Å². The molecule has 5 heteroatoms. The molecule has 0 amide bonds. The van der Waals surface area contributed by atoms with Gasteiger partial charge in [-0.05, 0) is 49.1 Å². The van der Waals surface area contributed by atoms with Crippen molar-refractivity contribution in [1.29, 1.82) is 0 Å². The van der Waals surface area contributed by atoms with E-state index in [-0.39, 0.29) is 18.8 Å². The smallest absolute Gasteiger partial charge is 0.379 e. The summed E-state index contributed by atoms with van der Waals surface area (Å²) in [6.07, 6.45) is 0. The normalized spacial score (nSPS) is 10.4. The van der Waals surface area contributed by atoms with Crippen molar-refractivity contribution in [2.24, 2.45) is 0 Å². The molecule has 0 aliphatic carbocycles. The summed E-state index contributed by atoms with van der Waals surface area (Å²) in [6, 6.07) is 8.81. The van der Waals surface area contributed by atoms with Gasteiger partial charge in [0.1, 0.15) is 12.4 Å². The van der Waals surface area contributed by atoms with Crippen molar-refractivity contribution >= 4 is 11.8 Å². The first kappa shape index (κ1) is 18.7. The summed E-state index contributed by atoms with van der Waals surface area (Å²) in [7, 11) is 1.16. The maximum absolute atomic E-state index is 12.2. The zero-order valence-electron chi connectivity index (χ0n) is 14.9. The Morgan fingerprint density at radius 1 is 1.04 bits per heavy atom. The minimum absolute atomic E-state index is 0.0676.